The quantitative estimate of drug-likeness (QED) is 0.0228. The van der Waals surface area contributed by atoms with E-state index < -0.39 is 67.3 Å². The number of carbonyl (C=O) groups is 4. The largest absolute Gasteiger partial charge is 0.479 e. The summed E-state index contributed by atoms with van der Waals surface area (Å²) in [7, 11) is 0. The van der Waals surface area contributed by atoms with Gasteiger partial charge in [-0.25, -0.2) is 4.79 Å². The summed E-state index contributed by atoms with van der Waals surface area (Å²) in [6, 6.07) is 0. The summed E-state index contributed by atoms with van der Waals surface area (Å²) >= 11 is 0. The Morgan fingerprint density at radius 1 is 0.493 bits per heavy atom. The second-order valence-corrected chi connectivity index (χ2v) is 18.5. The summed E-state index contributed by atoms with van der Waals surface area (Å²) in [5.41, 5.74) is 0. The number of carboxylic acid groups (broad SMARTS) is 1. The molecular weight excluding hydrogens is 853 g/mol. The zero-order valence-electron chi connectivity index (χ0n) is 42.4. The first kappa shape index (κ1) is 62.0. The molecular formula is C55H96O12. The van der Waals surface area contributed by atoms with E-state index >= 15 is 0 Å². The zero-order valence-corrected chi connectivity index (χ0v) is 42.4. The molecule has 1 aliphatic heterocycles. The molecule has 0 radical (unpaired) electrons. The van der Waals surface area contributed by atoms with Crippen LogP contribution in [0.5, 0.6) is 0 Å². The third-order valence-corrected chi connectivity index (χ3v) is 12.2. The minimum atomic E-state index is -1.90. The van der Waals surface area contributed by atoms with Crippen molar-refractivity contribution in [1.29, 1.82) is 0 Å². The molecule has 12 heteroatoms. The zero-order chi connectivity index (χ0) is 49.0. The predicted octanol–water partition coefficient (Wildman–Crippen LogP) is 12.9. The number of ether oxygens (including phenoxy) is 5. The number of aliphatic hydroxyl groups excluding tert-OH is 2. The van der Waals surface area contributed by atoms with E-state index in [1.165, 1.54) is 83.5 Å². The van der Waals surface area contributed by atoms with Gasteiger partial charge in [0.15, 0.2) is 24.6 Å². The van der Waals surface area contributed by atoms with E-state index in [0.717, 1.165) is 96.3 Å². The number of esters is 3. The second kappa shape index (κ2) is 44.2. The van der Waals surface area contributed by atoms with E-state index in [0.29, 0.717) is 19.3 Å². The first-order valence-electron chi connectivity index (χ1n) is 27.0. The van der Waals surface area contributed by atoms with Gasteiger partial charge in [0.25, 0.3) is 0 Å². The highest BCUT2D eigenvalue weighted by atomic mass is 16.7. The van der Waals surface area contributed by atoms with Gasteiger partial charge in [-0.3, -0.25) is 14.4 Å². The molecule has 1 rings (SSSR count). The number of aliphatic carboxylic acids is 1. The van der Waals surface area contributed by atoms with Crippen LogP contribution >= 0.6 is 0 Å². The van der Waals surface area contributed by atoms with Gasteiger partial charge in [-0.1, -0.05) is 198 Å². The van der Waals surface area contributed by atoms with Crippen LogP contribution in [0.4, 0.5) is 0 Å². The molecule has 0 aromatic rings. The lowest BCUT2D eigenvalue weighted by Gasteiger charge is -2.40. The second-order valence-electron chi connectivity index (χ2n) is 18.5. The maximum absolute atomic E-state index is 13.0. The summed E-state index contributed by atoms with van der Waals surface area (Å²) in [4.78, 5) is 50.7. The van der Waals surface area contributed by atoms with Gasteiger partial charge < -0.3 is 39.0 Å². The highest BCUT2D eigenvalue weighted by Crippen LogP contribution is 2.26. The molecule has 0 aromatic heterocycles. The number of carbonyl (C=O) groups excluding carboxylic acids is 3. The Morgan fingerprint density at radius 3 is 1.39 bits per heavy atom. The Bertz CT molecular complexity index is 1310. The van der Waals surface area contributed by atoms with Crippen LogP contribution in [0.2, 0.25) is 0 Å². The maximum atomic E-state index is 13.0. The van der Waals surface area contributed by atoms with Gasteiger partial charge in [-0.2, -0.15) is 0 Å². The molecule has 12 nitrogen and oxygen atoms in total. The molecule has 0 aliphatic carbocycles. The third-order valence-electron chi connectivity index (χ3n) is 12.2. The van der Waals surface area contributed by atoms with Crippen LogP contribution in [0.1, 0.15) is 239 Å². The van der Waals surface area contributed by atoms with Crippen molar-refractivity contribution in [2.45, 2.75) is 276 Å². The van der Waals surface area contributed by atoms with Crippen LogP contribution in [0, 0.1) is 0 Å². The Balaban J connectivity index is 2.66. The topological polar surface area (TPSA) is 175 Å². The fraction of sp³-hybridized carbons (Fsp3) is 0.818. The third kappa shape index (κ3) is 34.8. The molecule has 0 saturated carbocycles. The summed E-state index contributed by atoms with van der Waals surface area (Å²) in [5, 5.41) is 31.2. The molecule has 1 aliphatic rings. The van der Waals surface area contributed by atoms with Crippen molar-refractivity contribution in [3.63, 3.8) is 0 Å². The van der Waals surface area contributed by atoms with Crippen LogP contribution in [-0.4, -0.2) is 89.2 Å². The molecule has 6 unspecified atom stereocenters. The monoisotopic (exact) mass is 949 g/mol. The molecule has 3 N–H and O–H groups in total. The van der Waals surface area contributed by atoms with Gasteiger partial charge in [-0.05, 0) is 57.8 Å². The minimum Gasteiger partial charge on any atom is -0.479 e. The molecule has 1 fully saturated rings. The molecule has 67 heavy (non-hydrogen) atoms. The van der Waals surface area contributed by atoms with E-state index in [1.54, 1.807) is 0 Å². The van der Waals surface area contributed by atoms with Crippen molar-refractivity contribution >= 4 is 23.9 Å². The fourth-order valence-electron chi connectivity index (χ4n) is 8.02. The average Bonchev–Trinajstić information content (AvgIpc) is 3.31. The summed E-state index contributed by atoms with van der Waals surface area (Å²) in [6.45, 7) is 5.88. The first-order valence-corrected chi connectivity index (χ1v) is 27.0. The Kier molecular flexibility index (Phi) is 40.8. The molecule has 0 bridgehead atoms. The van der Waals surface area contributed by atoms with E-state index in [-0.39, 0.29) is 25.9 Å². The van der Waals surface area contributed by atoms with Gasteiger partial charge in [0.05, 0.1) is 6.61 Å². The lowest BCUT2D eigenvalue weighted by molar-refractivity contribution is -0.301. The van der Waals surface area contributed by atoms with Crippen molar-refractivity contribution in [1.82, 2.24) is 0 Å². The maximum Gasteiger partial charge on any atom is 0.335 e. The summed E-state index contributed by atoms with van der Waals surface area (Å²) in [5.74, 6) is -3.13. The van der Waals surface area contributed by atoms with E-state index in [1.807, 2.05) is 0 Å². The van der Waals surface area contributed by atoms with Crippen LogP contribution in [0.25, 0.3) is 0 Å². The molecule has 0 aromatic carbocycles. The summed E-state index contributed by atoms with van der Waals surface area (Å²) in [6.07, 6.45) is 37.2. The van der Waals surface area contributed by atoms with Crippen LogP contribution in [0.15, 0.2) is 36.5 Å². The van der Waals surface area contributed by atoms with Crippen molar-refractivity contribution in [2.24, 2.45) is 0 Å². The van der Waals surface area contributed by atoms with Gasteiger partial charge in [0, 0.05) is 19.3 Å². The highest BCUT2D eigenvalue weighted by molar-refractivity contribution is 5.74. The lowest BCUT2D eigenvalue weighted by Crippen LogP contribution is -2.61. The molecule has 1 saturated heterocycles. The Labute approximate surface area is 406 Å². The van der Waals surface area contributed by atoms with E-state index in [4.69, 9.17) is 23.7 Å². The van der Waals surface area contributed by atoms with Crippen LogP contribution < -0.4 is 0 Å². The summed E-state index contributed by atoms with van der Waals surface area (Å²) < 4.78 is 28.2. The number of allylic oxidation sites excluding steroid dienone is 6. The average molecular weight is 949 g/mol. The number of hydrogen-bond acceptors (Lipinski definition) is 11. The van der Waals surface area contributed by atoms with E-state index in [9.17, 15) is 34.5 Å². The predicted molar refractivity (Wildman–Crippen MR) is 266 cm³/mol. The van der Waals surface area contributed by atoms with Crippen LogP contribution in [0.3, 0.4) is 0 Å². The van der Waals surface area contributed by atoms with Crippen molar-refractivity contribution in [3.05, 3.63) is 36.5 Å². The normalized spacial score (nSPS) is 19.1. The highest BCUT2D eigenvalue weighted by Gasteiger charge is 2.50. The lowest BCUT2D eigenvalue weighted by atomic mass is 9.98. The smallest absolute Gasteiger partial charge is 0.335 e. The Morgan fingerprint density at radius 2 is 0.896 bits per heavy atom. The van der Waals surface area contributed by atoms with Gasteiger partial charge in [-0.15, -0.1) is 0 Å². The molecule has 388 valence electrons. The Hall–Kier alpha value is -3.06. The molecule has 1 heterocycles. The van der Waals surface area contributed by atoms with Gasteiger partial charge in [0.1, 0.15) is 18.8 Å². The van der Waals surface area contributed by atoms with Gasteiger partial charge in [0.2, 0.25) is 0 Å². The van der Waals surface area contributed by atoms with Gasteiger partial charge >= 0.3 is 23.9 Å². The molecule has 0 amide bonds. The number of rotatable bonds is 45. The standard InChI is InChI=1S/C55H96O12/c1-4-7-10-13-16-19-20-21-22-23-24-25-26-27-28-31-32-35-38-41-47(56)63-44-46(65-48(57)42-39-36-33-29-17-14-11-8-5-2)45-64-55-53(51(60)50(59)52(67-55)54(61)62)66-49(58)43-40-37-34-30-18-15-12-9-6-3/h16,19,21-22,24-25,46,50-53,55,59-60H,4-15,17-18,20,23,26-45H2,1-3H3,(H,61,62)/b19-16-,22-21-,25-24-. The fourth-order valence-corrected chi connectivity index (χ4v) is 8.02. The minimum absolute atomic E-state index is 0.0626. The van der Waals surface area contributed by atoms with Crippen LogP contribution in [-0.2, 0) is 42.9 Å². The number of hydrogen-bond donors (Lipinski definition) is 3. The number of unbranched alkanes of at least 4 members (excludes halogenated alkanes) is 25. The SMILES string of the molecule is CCCCC/C=C\C/C=C\C/C=C\CCCCCCCCC(=O)OCC(COC1OC(C(=O)O)C(O)C(O)C1OC(=O)CCCCCCCCCCC)OC(=O)CCCCCCCCCCC. The molecule has 0 spiro atoms. The van der Waals surface area contributed by atoms with Crippen molar-refractivity contribution in [3.8, 4) is 0 Å². The number of carboxylic acids is 1. The van der Waals surface area contributed by atoms with Crippen molar-refractivity contribution < 1.29 is 58.2 Å². The molecule has 6 atom stereocenters. The number of aliphatic hydroxyl groups is 2. The first-order chi connectivity index (χ1) is 32.6. The van der Waals surface area contributed by atoms with E-state index in [2.05, 4.69) is 57.2 Å². The van der Waals surface area contributed by atoms with Crippen molar-refractivity contribution in [2.75, 3.05) is 13.2 Å².